The van der Waals surface area contributed by atoms with E-state index in [0.717, 1.165) is 48.1 Å². The molecule has 1 aliphatic heterocycles. The average molecular weight is 356 g/mol. The molecular formula is C19H20N2O3S. The van der Waals surface area contributed by atoms with Gasteiger partial charge in [0.2, 0.25) is 0 Å². The Hall–Kier alpha value is -2.34. The highest BCUT2D eigenvalue weighted by molar-refractivity contribution is 7.90. The summed E-state index contributed by atoms with van der Waals surface area (Å²) in [5, 5.41) is 0. The van der Waals surface area contributed by atoms with Crippen molar-refractivity contribution in [2.45, 2.75) is 37.5 Å². The van der Waals surface area contributed by atoms with Crippen LogP contribution in [0.4, 0.5) is 0 Å². The maximum atomic E-state index is 13.2. The zero-order valence-corrected chi connectivity index (χ0v) is 14.9. The number of aryl methyl sites for hydroxylation is 1. The Kier molecular flexibility index (Phi) is 4.00. The first-order chi connectivity index (χ1) is 12.1. The molecule has 0 radical (unpaired) electrons. The van der Waals surface area contributed by atoms with Gasteiger partial charge < -0.3 is 4.74 Å². The number of rotatable bonds is 5. The highest BCUT2D eigenvalue weighted by Crippen LogP contribution is 2.30. The smallest absolute Gasteiger partial charge is 0.268 e. The van der Waals surface area contributed by atoms with Gasteiger partial charge in [-0.1, -0.05) is 13.3 Å². The third kappa shape index (κ3) is 2.70. The first-order valence-electron chi connectivity index (χ1n) is 8.57. The van der Waals surface area contributed by atoms with Gasteiger partial charge in [0.05, 0.1) is 22.5 Å². The van der Waals surface area contributed by atoms with Gasteiger partial charge in [0.25, 0.3) is 10.0 Å². The van der Waals surface area contributed by atoms with Crippen molar-refractivity contribution in [3.05, 3.63) is 53.9 Å². The minimum Gasteiger partial charge on any atom is -0.493 e. The summed E-state index contributed by atoms with van der Waals surface area (Å²) in [6.45, 7) is 2.73. The fourth-order valence-corrected chi connectivity index (χ4v) is 4.71. The molecule has 0 fully saturated rings. The Labute approximate surface area is 147 Å². The molecule has 0 saturated carbocycles. The lowest BCUT2D eigenvalue weighted by molar-refractivity contribution is 0.356. The minimum absolute atomic E-state index is 0.291. The van der Waals surface area contributed by atoms with Gasteiger partial charge in [-0.05, 0) is 54.3 Å². The molecule has 25 heavy (non-hydrogen) atoms. The molecule has 5 nitrogen and oxygen atoms in total. The highest BCUT2D eigenvalue weighted by Gasteiger charge is 2.24. The van der Waals surface area contributed by atoms with E-state index in [1.165, 1.54) is 3.97 Å². The molecule has 0 atom stereocenters. The van der Waals surface area contributed by atoms with Crippen molar-refractivity contribution in [1.29, 1.82) is 0 Å². The number of fused-ring (bicyclic) bond motifs is 2. The minimum atomic E-state index is -3.67. The lowest BCUT2D eigenvalue weighted by Crippen LogP contribution is -2.12. The number of hydrogen-bond donors (Lipinski definition) is 0. The molecule has 4 rings (SSSR count). The van der Waals surface area contributed by atoms with Crippen LogP contribution in [0.3, 0.4) is 0 Å². The summed E-state index contributed by atoms with van der Waals surface area (Å²) >= 11 is 0. The summed E-state index contributed by atoms with van der Waals surface area (Å²) in [5.74, 6) is 0.779. The van der Waals surface area contributed by atoms with E-state index in [2.05, 4.69) is 11.9 Å². The first kappa shape index (κ1) is 16.1. The zero-order valence-electron chi connectivity index (χ0n) is 14.1. The standard InChI is InChI=1S/C19H20N2O3S/c1-2-3-5-15-13-21(17-6-4-10-20-19(15)17)25(22,23)16-7-8-18-14(12-16)9-11-24-18/h4,6-8,10,12-13H,2-3,5,9,11H2,1H3. The second-order valence-corrected chi connectivity index (χ2v) is 8.11. The van der Waals surface area contributed by atoms with Crippen LogP contribution in [-0.2, 0) is 22.9 Å². The topological polar surface area (TPSA) is 61.2 Å². The second kappa shape index (κ2) is 6.19. The van der Waals surface area contributed by atoms with Gasteiger partial charge in [0, 0.05) is 18.8 Å². The van der Waals surface area contributed by atoms with E-state index in [-0.39, 0.29) is 0 Å². The number of aromatic nitrogens is 2. The van der Waals surface area contributed by atoms with Crippen LogP contribution in [-0.4, -0.2) is 24.0 Å². The van der Waals surface area contributed by atoms with Gasteiger partial charge in [-0.2, -0.15) is 0 Å². The predicted octanol–water partition coefficient (Wildman–Crippen LogP) is 3.55. The van der Waals surface area contributed by atoms with Crippen LogP contribution in [0.1, 0.15) is 30.9 Å². The summed E-state index contributed by atoms with van der Waals surface area (Å²) < 4.78 is 33.3. The van der Waals surface area contributed by atoms with Crippen LogP contribution in [0.15, 0.2) is 47.6 Å². The molecule has 0 bridgehead atoms. The molecule has 3 heterocycles. The number of benzene rings is 1. The number of hydrogen-bond acceptors (Lipinski definition) is 4. The molecule has 130 valence electrons. The van der Waals surface area contributed by atoms with Gasteiger partial charge in [0.1, 0.15) is 5.75 Å². The highest BCUT2D eigenvalue weighted by atomic mass is 32.2. The predicted molar refractivity (Wildman–Crippen MR) is 96.6 cm³/mol. The number of ether oxygens (including phenoxy) is 1. The lowest BCUT2D eigenvalue weighted by Gasteiger charge is -2.08. The molecular weight excluding hydrogens is 336 g/mol. The van der Waals surface area contributed by atoms with E-state index in [1.807, 2.05) is 6.07 Å². The van der Waals surface area contributed by atoms with Crippen molar-refractivity contribution in [3.63, 3.8) is 0 Å². The van der Waals surface area contributed by atoms with E-state index >= 15 is 0 Å². The first-order valence-corrected chi connectivity index (χ1v) is 10.0. The maximum Gasteiger partial charge on any atom is 0.268 e. The van der Waals surface area contributed by atoms with E-state index in [9.17, 15) is 8.42 Å². The maximum absolute atomic E-state index is 13.2. The molecule has 0 spiro atoms. The summed E-state index contributed by atoms with van der Waals surface area (Å²) in [4.78, 5) is 4.71. The Balaban J connectivity index is 1.85. The Morgan fingerprint density at radius 3 is 3.00 bits per heavy atom. The number of nitrogens with zero attached hydrogens (tertiary/aromatic N) is 2. The Morgan fingerprint density at radius 1 is 1.28 bits per heavy atom. The van der Waals surface area contributed by atoms with Crippen molar-refractivity contribution >= 4 is 21.1 Å². The van der Waals surface area contributed by atoms with Crippen molar-refractivity contribution in [2.24, 2.45) is 0 Å². The molecule has 1 aromatic carbocycles. The second-order valence-electron chi connectivity index (χ2n) is 6.30. The lowest BCUT2D eigenvalue weighted by atomic mass is 10.1. The number of unbranched alkanes of at least 4 members (excludes halogenated alkanes) is 1. The van der Waals surface area contributed by atoms with Gasteiger partial charge >= 0.3 is 0 Å². The van der Waals surface area contributed by atoms with Crippen LogP contribution < -0.4 is 4.74 Å². The summed E-state index contributed by atoms with van der Waals surface area (Å²) in [6, 6.07) is 8.68. The third-order valence-corrected chi connectivity index (χ3v) is 6.29. The van der Waals surface area contributed by atoms with E-state index in [0.29, 0.717) is 17.0 Å². The molecule has 6 heteroatoms. The Morgan fingerprint density at radius 2 is 2.16 bits per heavy atom. The van der Waals surface area contributed by atoms with Crippen LogP contribution in [0.5, 0.6) is 5.75 Å². The fraction of sp³-hybridized carbons (Fsp3) is 0.316. The van der Waals surface area contributed by atoms with Gasteiger partial charge in [-0.15, -0.1) is 0 Å². The van der Waals surface area contributed by atoms with Crippen molar-refractivity contribution in [2.75, 3.05) is 6.61 Å². The average Bonchev–Trinajstić information content (AvgIpc) is 3.24. The van der Waals surface area contributed by atoms with Gasteiger partial charge in [-0.3, -0.25) is 4.98 Å². The van der Waals surface area contributed by atoms with Gasteiger partial charge in [0.15, 0.2) is 0 Å². The normalized spacial score (nSPS) is 13.8. The Bertz CT molecular complexity index is 1040. The third-order valence-electron chi connectivity index (χ3n) is 4.62. The summed E-state index contributed by atoms with van der Waals surface area (Å²) in [7, 11) is -3.67. The molecule has 0 unspecified atom stereocenters. The van der Waals surface area contributed by atoms with E-state index in [1.54, 1.807) is 36.7 Å². The summed E-state index contributed by atoms with van der Waals surface area (Å²) in [6.07, 6.45) is 7.07. The van der Waals surface area contributed by atoms with Crippen LogP contribution in [0.2, 0.25) is 0 Å². The largest absolute Gasteiger partial charge is 0.493 e. The number of pyridine rings is 1. The molecule has 3 aromatic rings. The molecule has 1 aliphatic rings. The van der Waals surface area contributed by atoms with Gasteiger partial charge in [-0.25, -0.2) is 12.4 Å². The molecule has 0 amide bonds. The molecule has 0 saturated heterocycles. The monoisotopic (exact) mass is 356 g/mol. The quantitative estimate of drug-likeness (QED) is 0.701. The van der Waals surface area contributed by atoms with E-state index in [4.69, 9.17) is 4.74 Å². The van der Waals surface area contributed by atoms with E-state index < -0.39 is 10.0 Å². The molecule has 0 N–H and O–H groups in total. The summed E-state index contributed by atoms with van der Waals surface area (Å²) in [5.41, 5.74) is 3.32. The van der Waals surface area contributed by atoms with Crippen molar-refractivity contribution in [1.82, 2.24) is 8.96 Å². The van der Waals surface area contributed by atoms with Crippen molar-refractivity contribution in [3.8, 4) is 5.75 Å². The van der Waals surface area contributed by atoms with Crippen LogP contribution in [0.25, 0.3) is 11.0 Å². The van der Waals surface area contributed by atoms with Crippen LogP contribution >= 0.6 is 0 Å². The molecule has 2 aromatic heterocycles. The van der Waals surface area contributed by atoms with Crippen LogP contribution in [0, 0.1) is 0 Å². The van der Waals surface area contributed by atoms with Crippen molar-refractivity contribution < 1.29 is 13.2 Å². The molecule has 0 aliphatic carbocycles. The zero-order chi connectivity index (χ0) is 17.4. The fourth-order valence-electron chi connectivity index (χ4n) is 3.28. The SMILES string of the molecule is CCCCc1cn(S(=O)(=O)c2ccc3c(c2)CCO3)c2cccnc12.